The van der Waals surface area contributed by atoms with Crippen molar-refractivity contribution in [3.63, 3.8) is 0 Å². The van der Waals surface area contributed by atoms with Crippen LogP contribution in [-0.4, -0.2) is 13.9 Å². The Morgan fingerprint density at radius 2 is 1.86 bits per heavy atom. The number of ketones is 1. The number of rotatable bonds is 2. The van der Waals surface area contributed by atoms with Gasteiger partial charge in [-0.15, -0.1) is 0 Å². The minimum Gasteiger partial charge on any atom is -0.299 e. The van der Waals surface area contributed by atoms with Gasteiger partial charge < -0.3 is 0 Å². The molecule has 0 aromatic carbocycles. The van der Waals surface area contributed by atoms with Gasteiger partial charge in [0.2, 0.25) is 0 Å². The topological polar surface area (TPSA) is 17.1 Å². The summed E-state index contributed by atoms with van der Waals surface area (Å²) in [5.74, 6) is 1.11. The van der Waals surface area contributed by atoms with Crippen molar-refractivity contribution in [3.8, 4) is 0 Å². The first-order valence-electron chi connectivity index (χ1n) is 5.45. The maximum atomic E-state index is 11.5. The van der Waals surface area contributed by atoms with Crippen molar-refractivity contribution in [1.82, 2.24) is 0 Å². The minimum absolute atomic E-state index is 0.219. The second kappa shape index (κ2) is 3.65. The van der Waals surface area contributed by atoms with Crippen molar-refractivity contribution in [2.75, 3.05) is 0 Å². The third-order valence-corrected chi connectivity index (χ3v) is 5.79. The summed E-state index contributed by atoms with van der Waals surface area (Å²) < 4.78 is 0. The highest BCUT2D eigenvalue weighted by Crippen LogP contribution is 2.41. The summed E-state index contributed by atoms with van der Waals surface area (Å²) in [5, 5.41) is 1.63. The molecule has 0 aliphatic heterocycles. The number of hydrogen-bond donors (Lipinski definition) is 0. The Morgan fingerprint density at radius 1 is 1.36 bits per heavy atom. The summed E-state index contributed by atoms with van der Waals surface area (Å²) in [7, 11) is -1.19. The van der Waals surface area contributed by atoms with Gasteiger partial charge >= 0.3 is 0 Å². The molecular weight excluding hydrogens is 188 g/mol. The lowest BCUT2D eigenvalue weighted by molar-refractivity contribution is -0.120. The summed E-state index contributed by atoms with van der Waals surface area (Å²) >= 11 is 0. The van der Waals surface area contributed by atoms with Crippen LogP contribution in [0.2, 0.25) is 19.6 Å². The molecular formula is C12H22OSi. The van der Waals surface area contributed by atoms with Gasteiger partial charge in [-0.05, 0) is 26.2 Å². The van der Waals surface area contributed by atoms with Crippen molar-refractivity contribution in [2.45, 2.75) is 46.8 Å². The van der Waals surface area contributed by atoms with Gasteiger partial charge in [0, 0.05) is 5.92 Å². The van der Waals surface area contributed by atoms with Crippen LogP contribution in [0.5, 0.6) is 0 Å². The zero-order valence-electron chi connectivity index (χ0n) is 10.3. The fourth-order valence-electron chi connectivity index (χ4n) is 2.82. The van der Waals surface area contributed by atoms with E-state index in [1.54, 1.807) is 12.1 Å². The number of allylic oxidation sites excluding steroid dienone is 2. The lowest BCUT2D eigenvalue weighted by atomic mass is 9.90. The standard InChI is InChI=1S/C12H22OSi/c1-8-7-11(14(4,5)6)9(2)12(8)10(3)13/h8,12H,7H2,1-6H3/t8-,12+/m0/s1. The van der Waals surface area contributed by atoms with Gasteiger partial charge in [-0.25, -0.2) is 0 Å². The monoisotopic (exact) mass is 210 g/mol. The van der Waals surface area contributed by atoms with Gasteiger partial charge in [-0.2, -0.15) is 0 Å². The van der Waals surface area contributed by atoms with Gasteiger partial charge in [-0.1, -0.05) is 37.3 Å². The first-order chi connectivity index (χ1) is 6.25. The molecule has 0 aromatic heterocycles. The normalized spacial score (nSPS) is 28.4. The van der Waals surface area contributed by atoms with Gasteiger partial charge in [0.25, 0.3) is 0 Å². The Morgan fingerprint density at radius 3 is 2.07 bits per heavy atom. The van der Waals surface area contributed by atoms with Crippen molar-refractivity contribution in [2.24, 2.45) is 11.8 Å². The van der Waals surface area contributed by atoms with E-state index < -0.39 is 8.07 Å². The van der Waals surface area contributed by atoms with Crippen LogP contribution in [0.1, 0.15) is 27.2 Å². The first-order valence-corrected chi connectivity index (χ1v) is 8.95. The van der Waals surface area contributed by atoms with E-state index in [0.717, 1.165) is 6.42 Å². The summed E-state index contributed by atoms with van der Waals surface area (Å²) in [6.07, 6.45) is 1.16. The van der Waals surface area contributed by atoms with Crippen LogP contribution in [-0.2, 0) is 4.79 Å². The molecule has 2 atom stereocenters. The van der Waals surface area contributed by atoms with Crippen LogP contribution < -0.4 is 0 Å². The fraction of sp³-hybridized carbons (Fsp3) is 0.750. The van der Waals surface area contributed by atoms with Crippen molar-refractivity contribution >= 4 is 13.9 Å². The predicted molar refractivity (Wildman–Crippen MR) is 64.0 cm³/mol. The highest BCUT2D eigenvalue weighted by atomic mass is 28.3. The molecule has 14 heavy (non-hydrogen) atoms. The van der Waals surface area contributed by atoms with Crippen LogP contribution in [0.4, 0.5) is 0 Å². The summed E-state index contributed by atoms with van der Waals surface area (Å²) in [6.45, 7) is 13.2. The molecule has 0 saturated heterocycles. The van der Waals surface area contributed by atoms with Gasteiger partial charge in [0.1, 0.15) is 5.78 Å². The van der Waals surface area contributed by atoms with Gasteiger partial charge in [0.05, 0.1) is 8.07 Å². The molecule has 0 bridgehead atoms. The van der Waals surface area contributed by atoms with E-state index in [1.807, 2.05) is 0 Å². The third-order valence-electron chi connectivity index (χ3n) is 3.38. The SMILES string of the molecule is CC(=O)[C@H]1C(C)=C([Si](C)(C)C)C[C@@H]1C. The Kier molecular flexibility index (Phi) is 3.05. The Bertz CT molecular complexity index is 283. The summed E-state index contributed by atoms with van der Waals surface area (Å²) in [4.78, 5) is 11.5. The highest BCUT2D eigenvalue weighted by Gasteiger charge is 2.36. The smallest absolute Gasteiger partial charge is 0.137 e. The third kappa shape index (κ3) is 2.00. The van der Waals surface area contributed by atoms with Gasteiger partial charge in [-0.3, -0.25) is 4.79 Å². The Hall–Kier alpha value is -0.373. The van der Waals surface area contributed by atoms with E-state index in [4.69, 9.17) is 0 Å². The maximum Gasteiger partial charge on any atom is 0.137 e. The van der Waals surface area contributed by atoms with E-state index in [9.17, 15) is 4.79 Å². The molecule has 0 spiro atoms. The predicted octanol–water partition coefficient (Wildman–Crippen LogP) is 3.43. The van der Waals surface area contributed by atoms with E-state index in [1.165, 1.54) is 5.57 Å². The van der Waals surface area contributed by atoms with E-state index in [2.05, 4.69) is 33.5 Å². The van der Waals surface area contributed by atoms with Gasteiger partial charge in [0.15, 0.2) is 0 Å². The Balaban J connectivity index is 3.05. The highest BCUT2D eigenvalue weighted by molar-refractivity contribution is 6.83. The molecule has 1 rings (SSSR count). The summed E-state index contributed by atoms with van der Waals surface area (Å²) in [5.41, 5.74) is 1.39. The van der Waals surface area contributed by atoms with Crippen molar-refractivity contribution in [1.29, 1.82) is 0 Å². The quantitative estimate of drug-likeness (QED) is 0.638. The van der Waals surface area contributed by atoms with Crippen molar-refractivity contribution < 1.29 is 4.79 Å². The average molecular weight is 210 g/mol. The first kappa shape index (κ1) is 11.7. The van der Waals surface area contributed by atoms with Crippen LogP contribution in [0.15, 0.2) is 10.8 Å². The fourth-order valence-corrected chi connectivity index (χ4v) is 5.09. The molecule has 1 nitrogen and oxygen atoms in total. The number of hydrogen-bond acceptors (Lipinski definition) is 1. The van der Waals surface area contributed by atoms with E-state index in [0.29, 0.717) is 11.7 Å². The number of Topliss-reactive ketones (excluding diaryl/α,β-unsaturated/α-hetero) is 1. The molecule has 0 aromatic rings. The van der Waals surface area contributed by atoms with Crippen LogP contribution in [0.25, 0.3) is 0 Å². The number of carbonyl (C=O) groups is 1. The largest absolute Gasteiger partial charge is 0.299 e. The zero-order chi connectivity index (χ0) is 11.1. The molecule has 0 saturated carbocycles. The van der Waals surface area contributed by atoms with Crippen LogP contribution >= 0.6 is 0 Å². The average Bonchev–Trinajstić information content (AvgIpc) is 2.24. The minimum atomic E-state index is -1.19. The molecule has 1 aliphatic carbocycles. The lowest BCUT2D eigenvalue weighted by Crippen LogP contribution is -2.24. The zero-order valence-corrected chi connectivity index (χ0v) is 11.3. The molecule has 0 N–H and O–H groups in total. The second-order valence-electron chi connectivity index (χ2n) is 5.68. The molecule has 0 radical (unpaired) electrons. The van der Waals surface area contributed by atoms with Crippen molar-refractivity contribution in [3.05, 3.63) is 10.8 Å². The molecule has 2 heteroatoms. The molecule has 0 unspecified atom stereocenters. The molecule has 0 fully saturated rings. The lowest BCUT2D eigenvalue weighted by Gasteiger charge is -2.19. The Labute approximate surface area is 88.6 Å². The van der Waals surface area contributed by atoms with Crippen LogP contribution in [0.3, 0.4) is 0 Å². The molecule has 0 amide bonds. The van der Waals surface area contributed by atoms with Crippen LogP contribution in [0, 0.1) is 11.8 Å². The van der Waals surface area contributed by atoms with E-state index >= 15 is 0 Å². The summed E-state index contributed by atoms with van der Waals surface area (Å²) in [6, 6.07) is 0. The molecule has 1 aliphatic rings. The maximum absolute atomic E-state index is 11.5. The van der Waals surface area contributed by atoms with E-state index in [-0.39, 0.29) is 5.92 Å². The molecule has 0 heterocycles. The second-order valence-corrected chi connectivity index (χ2v) is 10.8. The number of carbonyl (C=O) groups excluding carboxylic acids is 1. The molecule has 80 valence electrons.